The molecule has 3 fully saturated rings. The van der Waals surface area contributed by atoms with E-state index in [1.54, 1.807) is 0 Å². The summed E-state index contributed by atoms with van der Waals surface area (Å²) < 4.78 is 10.7. The van der Waals surface area contributed by atoms with Gasteiger partial charge in [-0.1, -0.05) is 5.16 Å². The van der Waals surface area contributed by atoms with Crippen molar-refractivity contribution in [1.82, 2.24) is 19.9 Å². The lowest BCUT2D eigenvalue weighted by atomic mass is 10.1. The van der Waals surface area contributed by atoms with Gasteiger partial charge in [-0.05, 0) is 12.8 Å². The molecule has 0 N–H and O–H groups in total. The van der Waals surface area contributed by atoms with E-state index in [1.807, 2.05) is 4.90 Å². The van der Waals surface area contributed by atoms with Gasteiger partial charge in [0.1, 0.15) is 0 Å². The van der Waals surface area contributed by atoms with Crippen molar-refractivity contribution in [2.75, 3.05) is 32.8 Å². The number of aromatic nitrogens is 2. The second-order valence-corrected chi connectivity index (χ2v) is 6.12. The summed E-state index contributed by atoms with van der Waals surface area (Å²) in [6.07, 6.45) is 2.80. The van der Waals surface area contributed by atoms with Gasteiger partial charge >= 0.3 is 0 Å². The van der Waals surface area contributed by atoms with Crippen molar-refractivity contribution in [3.63, 3.8) is 0 Å². The minimum Gasteiger partial charge on any atom is -0.379 e. The SMILES string of the molecule is O=C1C[C@@H](c2nc(CN3CCOCC3)no2)CN1C1CC1. The molecule has 7 nitrogen and oxygen atoms in total. The van der Waals surface area contributed by atoms with Crippen LogP contribution in [0.3, 0.4) is 0 Å². The van der Waals surface area contributed by atoms with Crippen LogP contribution in [0.2, 0.25) is 0 Å². The van der Waals surface area contributed by atoms with Crippen LogP contribution in [0.5, 0.6) is 0 Å². The summed E-state index contributed by atoms with van der Waals surface area (Å²) in [4.78, 5) is 20.7. The lowest BCUT2D eigenvalue weighted by Gasteiger charge is -2.24. The Morgan fingerprint density at radius 2 is 2.05 bits per heavy atom. The maximum Gasteiger partial charge on any atom is 0.232 e. The maximum atomic E-state index is 12.0. The number of ether oxygens (including phenoxy) is 1. The van der Waals surface area contributed by atoms with Crippen molar-refractivity contribution >= 4 is 5.91 Å². The summed E-state index contributed by atoms with van der Waals surface area (Å²) in [7, 11) is 0. The molecular formula is C14H20N4O3. The van der Waals surface area contributed by atoms with Crippen LogP contribution >= 0.6 is 0 Å². The minimum atomic E-state index is 0.0732. The number of morpholine rings is 1. The molecule has 1 aromatic heterocycles. The lowest BCUT2D eigenvalue weighted by molar-refractivity contribution is -0.128. The van der Waals surface area contributed by atoms with Crippen LogP contribution in [0, 0.1) is 0 Å². The number of carbonyl (C=O) groups is 1. The molecule has 0 aromatic carbocycles. The van der Waals surface area contributed by atoms with Crippen molar-refractivity contribution in [3.8, 4) is 0 Å². The largest absolute Gasteiger partial charge is 0.379 e. The third-order valence-electron chi connectivity index (χ3n) is 4.45. The summed E-state index contributed by atoms with van der Waals surface area (Å²) in [6.45, 7) is 4.77. The van der Waals surface area contributed by atoms with E-state index < -0.39 is 0 Å². The Morgan fingerprint density at radius 1 is 1.24 bits per heavy atom. The van der Waals surface area contributed by atoms with Crippen LogP contribution in [-0.4, -0.2) is 64.7 Å². The minimum absolute atomic E-state index is 0.0732. The maximum absolute atomic E-state index is 12.0. The highest BCUT2D eigenvalue weighted by Crippen LogP contribution is 2.35. The molecule has 1 aromatic rings. The van der Waals surface area contributed by atoms with Gasteiger partial charge in [0.15, 0.2) is 5.82 Å². The Hall–Kier alpha value is -1.47. The molecule has 7 heteroatoms. The first-order valence-electron chi connectivity index (χ1n) is 7.71. The normalized spacial score (nSPS) is 27.5. The average Bonchev–Trinajstić information content (AvgIpc) is 3.11. The number of rotatable bonds is 4. The molecule has 0 radical (unpaired) electrons. The zero-order valence-corrected chi connectivity index (χ0v) is 12.0. The molecule has 2 aliphatic heterocycles. The van der Waals surface area contributed by atoms with Crippen molar-refractivity contribution in [1.29, 1.82) is 0 Å². The lowest BCUT2D eigenvalue weighted by Crippen LogP contribution is -2.35. The number of amides is 1. The van der Waals surface area contributed by atoms with E-state index in [1.165, 1.54) is 0 Å². The molecule has 0 unspecified atom stereocenters. The topological polar surface area (TPSA) is 71.7 Å². The third-order valence-corrected chi connectivity index (χ3v) is 4.45. The van der Waals surface area contributed by atoms with E-state index in [0.717, 1.165) is 45.7 Å². The smallest absolute Gasteiger partial charge is 0.232 e. The summed E-state index contributed by atoms with van der Waals surface area (Å²) in [5.74, 6) is 1.64. The van der Waals surface area contributed by atoms with E-state index in [-0.39, 0.29) is 11.8 Å². The van der Waals surface area contributed by atoms with Crippen LogP contribution < -0.4 is 0 Å². The molecule has 114 valence electrons. The predicted molar refractivity (Wildman–Crippen MR) is 72.5 cm³/mol. The predicted octanol–water partition coefficient (Wildman–Crippen LogP) is 0.380. The van der Waals surface area contributed by atoms with Crippen LogP contribution in [0.1, 0.15) is 36.9 Å². The van der Waals surface area contributed by atoms with E-state index in [4.69, 9.17) is 9.26 Å². The molecule has 3 aliphatic rings. The van der Waals surface area contributed by atoms with Crippen molar-refractivity contribution in [2.24, 2.45) is 0 Å². The van der Waals surface area contributed by atoms with Gasteiger partial charge in [-0.25, -0.2) is 0 Å². The van der Waals surface area contributed by atoms with Gasteiger partial charge in [0.2, 0.25) is 11.8 Å². The molecule has 0 spiro atoms. The van der Waals surface area contributed by atoms with Gasteiger partial charge in [-0.2, -0.15) is 4.98 Å². The first kappa shape index (κ1) is 13.2. The fourth-order valence-corrected chi connectivity index (χ4v) is 3.09. The quantitative estimate of drug-likeness (QED) is 0.799. The highest BCUT2D eigenvalue weighted by molar-refractivity contribution is 5.80. The Morgan fingerprint density at radius 3 is 2.81 bits per heavy atom. The van der Waals surface area contributed by atoms with E-state index in [0.29, 0.717) is 30.7 Å². The number of nitrogens with zero attached hydrogens (tertiary/aromatic N) is 4. The number of hydrogen-bond acceptors (Lipinski definition) is 6. The van der Waals surface area contributed by atoms with Crippen LogP contribution in [0.15, 0.2) is 4.52 Å². The second kappa shape index (κ2) is 5.38. The third kappa shape index (κ3) is 2.80. The number of hydrogen-bond donors (Lipinski definition) is 0. The highest BCUT2D eigenvalue weighted by Gasteiger charge is 2.41. The summed E-state index contributed by atoms with van der Waals surface area (Å²) in [6, 6.07) is 0.471. The van der Waals surface area contributed by atoms with Gasteiger partial charge in [-0.15, -0.1) is 0 Å². The van der Waals surface area contributed by atoms with Gasteiger partial charge in [0.25, 0.3) is 0 Å². The van der Waals surface area contributed by atoms with Crippen LogP contribution in [0.4, 0.5) is 0 Å². The number of carbonyl (C=O) groups excluding carboxylic acids is 1. The van der Waals surface area contributed by atoms with Gasteiger partial charge in [0, 0.05) is 32.1 Å². The summed E-state index contributed by atoms with van der Waals surface area (Å²) >= 11 is 0. The molecule has 2 saturated heterocycles. The second-order valence-electron chi connectivity index (χ2n) is 6.12. The average molecular weight is 292 g/mol. The zero-order valence-electron chi connectivity index (χ0n) is 12.0. The van der Waals surface area contributed by atoms with Crippen LogP contribution in [-0.2, 0) is 16.1 Å². The van der Waals surface area contributed by atoms with Gasteiger partial charge in [-0.3, -0.25) is 9.69 Å². The molecule has 1 aliphatic carbocycles. The first-order chi connectivity index (χ1) is 10.3. The molecule has 4 rings (SSSR count). The standard InChI is InChI=1S/C14H20N4O3/c19-13-7-10(8-18(13)11-1-2-11)14-15-12(16-21-14)9-17-3-5-20-6-4-17/h10-11H,1-9H2/t10-/m1/s1. The summed E-state index contributed by atoms with van der Waals surface area (Å²) in [5, 5.41) is 4.07. The first-order valence-corrected chi connectivity index (χ1v) is 7.71. The van der Waals surface area contributed by atoms with Crippen molar-refractivity contribution < 1.29 is 14.1 Å². The molecule has 1 atom stereocenters. The molecule has 1 saturated carbocycles. The Balaban J connectivity index is 1.39. The van der Waals surface area contributed by atoms with Crippen LogP contribution in [0.25, 0.3) is 0 Å². The Bertz CT molecular complexity index is 522. The van der Waals surface area contributed by atoms with Gasteiger partial charge in [0.05, 0.1) is 25.7 Å². The Kier molecular flexibility index (Phi) is 3.39. The molecule has 1 amide bonds. The van der Waals surface area contributed by atoms with Crippen molar-refractivity contribution in [2.45, 2.75) is 37.8 Å². The Labute approximate surface area is 123 Å². The molecule has 21 heavy (non-hydrogen) atoms. The van der Waals surface area contributed by atoms with E-state index in [2.05, 4.69) is 15.0 Å². The van der Waals surface area contributed by atoms with E-state index in [9.17, 15) is 4.79 Å². The monoisotopic (exact) mass is 292 g/mol. The molecule has 3 heterocycles. The molecular weight excluding hydrogens is 272 g/mol. The fourth-order valence-electron chi connectivity index (χ4n) is 3.09. The van der Waals surface area contributed by atoms with Gasteiger partial charge < -0.3 is 14.2 Å². The number of likely N-dealkylation sites (tertiary alicyclic amines) is 1. The zero-order chi connectivity index (χ0) is 14.2. The highest BCUT2D eigenvalue weighted by atomic mass is 16.5. The molecule has 0 bridgehead atoms. The fraction of sp³-hybridized carbons (Fsp3) is 0.786. The summed E-state index contributed by atoms with van der Waals surface area (Å²) in [5.41, 5.74) is 0. The van der Waals surface area contributed by atoms with Crippen molar-refractivity contribution in [3.05, 3.63) is 11.7 Å². The van der Waals surface area contributed by atoms with E-state index >= 15 is 0 Å².